The molecule has 0 aliphatic carbocycles. The number of hydrogen-bond donors (Lipinski definition) is 2. The first-order chi connectivity index (χ1) is 2.00. The van der Waals surface area contributed by atoms with E-state index in [-0.39, 0.29) is 17.1 Å². The fourth-order valence-electron chi connectivity index (χ4n) is 0. The highest BCUT2D eigenvalue weighted by molar-refractivity contribution is 3.72. The quantitative estimate of drug-likeness (QED) is 0.189. The summed E-state index contributed by atoms with van der Waals surface area (Å²) in [5.41, 5.74) is 0. The molecule has 6 heavy (non-hydrogen) atoms. The molecule has 4 heteroatoms. The van der Waals surface area contributed by atoms with Crippen molar-refractivity contribution in [3.05, 3.63) is 0 Å². The van der Waals surface area contributed by atoms with Crippen molar-refractivity contribution in [3.63, 3.8) is 0 Å². The Morgan fingerprint density at radius 1 is 1.17 bits per heavy atom. The van der Waals surface area contributed by atoms with E-state index in [4.69, 9.17) is 11.7 Å². The zero-order valence-electron chi connectivity index (χ0n) is 3.98. The van der Waals surface area contributed by atoms with Crippen LogP contribution >= 0.6 is 0 Å². The van der Waals surface area contributed by atoms with Crippen LogP contribution in [0.3, 0.4) is 0 Å². The second-order valence-electron chi connectivity index (χ2n) is 1.63. The van der Waals surface area contributed by atoms with Gasteiger partial charge in [-0.1, -0.05) is 0 Å². The Bertz CT molecular complexity index is 24.3. The Kier molecular flexibility index (Phi) is 3.73. The Hall–Kier alpha value is 0.170. The fraction of sp³-hybridized carbons (Fsp3) is 1.00. The topological polar surface area (TPSA) is 52.0 Å². The summed E-state index contributed by atoms with van der Waals surface area (Å²) in [6, 6.07) is 0. The Morgan fingerprint density at radius 3 is 1.17 bits per heavy atom. The van der Waals surface area contributed by atoms with E-state index in [9.17, 15) is 0 Å². The van der Waals surface area contributed by atoms with Gasteiger partial charge in [0.05, 0.1) is 0 Å². The van der Waals surface area contributed by atoms with Crippen LogP contribution in [0.5, 0.6) is 0 Å². The van der Waals surface area contributed by atoms with Crippen molar-refractivity contribution in [1.82, 2.24) is 0 Å². The highest BCUT2D eigenvalue weighted by Gasteiger charge is 1.90. The Balaban J connectivity index is 0. The molecule has 0 rings (SSSR count). The van der Waals surface area contributed by atoms with Crippen molar-refractivity contribution in [2.24, 2.45) is 11.7 Å². The molecule has 0 heterocycles. The monoisotopic (exact) mass is 111 g/mol. The van der Waals surface area contributed by atoms with Crippen molar-refractivity contribution in [3.8, 4) is 0 Å². The van der Waals surface area contributed by atoms with Gasteiger partial charge in [0.1, 0.15) is 14.1 Å². The van der Waals surface area contributed by atoms with Gasteiger partial charge in [0.25, 0.3) is 0 Å². The van der Waals surface area contributed by atoms with Crippen LogP contribution in [0.1, 0.15) is 0 Å². The Labute approximate surface area is 43.8 Å². The van der Waals surface area contributed by atoms with Gasteiger partial charge >= 0.3 is 0 Å². The molecule has 0 fully saturated rings. The normalized spacial score (nSPS) is 10.0. The van der Waals surface area contributed by atoms with Crippen molar-refractivity contribution in [2.75, 3.05) is 14.1 Å². The summed E-state index contributed by atoms with van der Waals surface area (Å²) in [6.07, 6.45) is 0. The molecule has 0 bridgehead atoms. The van der Waals surface area contributed by atoms with E-state index < -0.39 is 0 Å². The maximum absolute atomic E-state index is 5.07. The predicted molar refractivity (Wildman–Crippen MR) is 20.5 cm³/mol. The number of halogens is 1. The van der Waals surface area contributed by atoms with Crippen LogP contribution < -0.4 is 24.1 Å². The molecule has 0 aromatic heterocycles. The molecule has 0 amide bonds. The van der Waals surface area contributed by atoms with Gasteiger partial charge < -0.3 is 12.4 Å². The summed E-state index contributed by atoms with van der Waals surface area (Å²) in [5.74, 6) is 10.1. The van der Waals surface area contributed by atoms with Crippen molar-refractivity contribution < 1.29 is 17.1 Å². The molecule has 0 saturated carbocycles. The third-order valence-electron chi connectivity index (χ3n) is 0. The van der Waals surface area contributed by atoms with Crippen LogP contribution in [0.25, 0.3) is 0 Å². The van der Waals surface area contributed by atoms with Crippen LogP contribution in [0.2, 0.25) is 0 Å². The van der Waals surface area contributed by atoms with E-state index in [2.05, 4.69) is 0 Å². The predicted octanol–water partition coefficient (Wildman–Crippen LogP) is -4.19. The lowest BCUT2D eigenvalue weighted by Crippen LogP contribution is -3.00. The van der Waals surface area contributed by atoms with Gasteiger partial charge in [0, 0.05) is 0 Å². The van der Waals surface area contributed by atoms with Crippen LogP contribution in [-0.2, 0) is 0 Å². The van der Waals surface area contributed by atoms with Crippen molar-refractivity contribution in [2.45, 2.75) is 0 Å². The van der Waals surface area contributed by atoms with Crippen LogP contribution in [0.4, 0.5) is 0 Å². The molecule has 40 valence electrons. The molecule has 0 unspecified atom stereocenters. The smallest absolute Gasteiger partial charge is 0.104 e. The second-order valence-corrected chi connectivity index (χ2v) is 1.63. The van der Waals surface area contributed by atoms with Gasteiger partial charge in [-0.25, -0.2) is 0 Å². The van der Waals surface area contributed by atoms with E-state index in [0.717, 1.165) is 0 Å². The van der Waals surface area contributed by atoms with E-state index in [1.165, 1.54) is 0 Å². The van der Waals surface area contributed by atoms with Gasteiger partial charge in [-0.3, -0.25) is 0 Å². The molecular weight excluding hydrogens is 101 g/mol. The molecule has 0 radical (unpaired) electrons. The molecule has 0 aromatic rings. The largest absolute Gasteiger partial charge is 1.00 e. The van der Waals surface area contributed by atoms with Crippen LogP contribution in [0, 0.1) is 0 Å². The summed E-state index contributed by atoms with van der Waals surface area (Å²) in [7, 11) is 3.36. The number of quaternary nitrogens is 1. The van der Waals surface area contributed by atoms with Gasteiger partial charge in [0.15, 0.2) is 0 Å². The summed E-state index contributed by atoms with van der Waals surface area (Å²) in [4.78, 5) is 0. The Morgan fingerprint density at radius 2 is 1.17 bits per heavy atom. The van der Waals surface area contributed by atoms with Gasteiger partial charge in [0.2, 0.25) is 0 Å². The minimum atomic E-state index is 0. The average Bonchev–Trinajstić information content (AvgIpc) is 0.722. The maximum atomic E-state index is 5.07. The van der Waals surface area contributed by atoms with Crippen LogP contribution in [0.15, 0.2) is 0 Å². The molecule has 3 nitrogen and oxygen atoms in total. The average molecular weight is 112 g/mol. The minimum absolute atomic E-state index is 0. The lowest BCUT2D eigenvalue weighted by atomic mass is 11.1. The summed E-state index contributed by atoms with van der Waals surface area (Å²) in [6.45, 7) is 0. The first-order valence-electron chi connectivity index (χ1n) is 1.41. The van der Waals surface area contributed by atoms with Gasteiger partial charge in [-0.15, -0.1) is 0 Å². The van der Waals surface area contributed by atoms with E-state index >= 15 is 0 Å². The van der Waals surface area contributed by atoms with E-state index in [1.807, 2.05) is 0 Å². The molecule has 0 spiro atoms. The van der Waals surface area contributed by atoms with E-state index in [0.29, 0.717) is 0 Å². The molecule has 0 atom stereocenters. The highest BCUT2D eigenvalue weighted by Crippen LogP contribution is 1.57. The zero-order valence-corrected chi connectivity index (χ0v) is 4.74. The van der Waals surface area contributed by atoms with Gasteiger partial charge in [-0.05, 0) is 0 Å². The van der Waals surface area contributed by atoms with Crippen molar-refractivity contribution >= 4 is 0 Å². The second kappa shape index (κ2) is 2.36. The number of nitrogens with zero attached hydrogens (tertiary/aromatic N) is 1. The molecule has 0 aliphatic heterocycles. The third kappa shape index (κ3) is 1450. The third-order valence-corrected chi connectivity index (χ3v) is 0. The SMILES string of the molecule is C[N+](C)(N)N.[Cl-]. The first kappa shape index (κ1) is 9.48. The minimum Gasteiger partial charge on any atom is -1.00 e. The zero-order chi connectivity index (χ0) is 4.50. The lowest BCUT2D eigenvalue weighted by Gasteiger charge is -2.11. The fourth-order valence-corrected chi connectivity index (χ4v) is 0. The van der Waals surface area contributed by atoms with E-state index in [1.54, 1.807) is 14.1 Å². The molecule has 0 aliphatic rings. The molecule has 0 saturated heterocycles. The first-order valence-corrected chi connectivity index (χ1v) is 1.41. The number of rotatable bonds is 0. The number of nitrogens with two attached hydrogens (primary N) is 2. The highest BCUT2D eigenvalue weighted by atomic mass is 35.5. The lowest BCUT2D eigenvalue weighted by molar-refractivity contribution is -0.914. The molecule has 0 aromatic carbocycles. The summed E-state index contributed by atoms with van der Waals surface area (Å²) in [5, 5.41) is 0. The van der Waals surface area contributed by atoms with Gasteiger partial charge in [-0.2, -0.15) is 16.4 Å². The molecule has 4 N–H and O–H groups in total. The van der Waals surface area contributed by atoms with Crippen LogP contribution in [-0.4, -0.2) is 18.8 Å². The number of hydrogen-bond acceptors (Lipinski definition) is 2. The molecular formula is C2H10ClN3. The summed E-state index contributed by atoms with van der Waals surface area (Å²) < 4.78 is 0. The van der Waals surface area contributed by atoms with Crippen molar-refractivity contribution in [1.29, 1.82) is 0 Å². The standard InChI is InChI=1S/C2H10N3.ClH/c1-5(2,3)4;/h3-4H2,1-2H3;1H/q+1;/p-1. The maximum Gasteiger partial charge on any atom is 0.104 e. The summed E-state index contributed by atoms with van der Waals surface area (Å²) >= 11 is 0.